The molecule has 2 aromatic rings. The molecule has 2 rings (SSSR count). The fourth-order valence-electron chi connectivity index (χ4n) is 2.13. The highest BCUT2D eigenvalue weighted by atomic mass is 16.1. The first-order valence-electron chi connectivity index (χ1n) is 6.59. The molecule has 1 N–H and O–H groups in total. The van der Waals surface area contributed by atoms with E-state index in [9.17, 15) is 4.79 Å². The molecular formula is C17H19NO. The van der Waals surface area contributed by atoms with E-state index in [1.165, 1.54) is 11.1 Å². The maximum absolute atomic E-state index is 12.0. The second-order valence-electron chi connectivity index (χ2n) is 4.90. The third-order valence-electron chi connectivity index (χ3n) is 3.15. The zero-order valence-corrected chi connectivity index (χ0v) is 11.4. The Morgan fingerprint density at radius 1 is 1.00 bits per heavy atom. The fourth-order valence-corrected chi connectivity index (χ4v) is 2.13. The first-order valence-corrected chi connectivity index (χ1v) is 6.59. The second-order valence-corrected chi connectivity index (χ2v) is 4.90. The first kappa shape index (κ1) is 13.3. The first-order chi connectivity index (χ1) is 9.18. The van der Waals surface area contributed by atoms with Crippen LogP contribution in [-0.2, 0) is 6.54 Å². The summed E-state index contributed by atoms with van der Waals surface area (Å²) in [4.78, 5) is 12.0. The minimum Gasteiger partial charge on any atom is -0.348 e. The number of rotatable bonds is 4. The van der Waals surface area contributed by atoms with Crippen molar-refractivity contribution in [3.63, 3.8) is 0 Å². The highest BCUT2D eigenvalue weighted by Crippen LogP contribution is 2.18. The van der Waals surface area contributed by atoms with Crippen molar-refractivity contribution in [1.29, 1.82) is 0 Å². The van der Waals surface area contributed by atoms with Gasteiger partial charge in [0.25, 0.3) is 5.91 Å². The lowest BCUT2D eigenvalue weighted by Gasteiger charge is -2.13. The monoisotopic (exact) mass is 253 g/mol. The molecule has 0 saturated heterocycles. The van der Waals surface area contributed by atoms with Gasteiger partial charge in [0.1, 0.15) is 0 Å². The van der Waals surface area contributed by atoms with Gasteiger partial charge in [-0.15, -0.1) is 0 Å². The minimum absolute atomic E-state index is 0.0286. The van der Waals surface area contributed by atoms with Gasteiger partial charge in [0, 0.05) is 12.1 Å². The molecule has 0 aliphatic heterocycles. The van der Waals surface area contributed by atoms with Crippen LogP contribution in [0, 0.1) is 0 Å². The van der Waals surface area contributed by atoms with Crippen molar-refractivity contribution in [2.45, 2.75) is 26.3 Å². The Morgan fingerprint density at radius 3 is 2.32 bits per heavy atom. The Balaban J connectivity index is 2.05. The molecule has 2 heteroatoms. The highest BCUT2D eigenvalue weighted by molar-refractivity contribution is 5.94. The maximum Gasteiger partial charge on any atom is 0.251 e. The molecule has 0 atom stereocenters. The molecule has 98 valence electrons. The number of carbonyl (C=O) groups excluding carboxylic acids is 1. The molecule has 0 aliphatic rings. The van der Waals surface area contributed by atoms with Crippen molar-refractivity contribution in [3.8, 4) is 0 Å². The summed E-state index contributed by atoms with van der Waals surface area (Å²) in [7, 11) is 0. The van der Waals surface area contributed by atoms with Crippen molar-refractivity contribution in [1.82, 2.24) is 5.32 Å². The topological polar surface area (TPSA) is 29.1 Å². The Labute approximate surface area is 114 Å². The number of benzene rings is 2. The predicted molar refractivity (Wildman–Crippen MR) is 78.1 cm³/mol. The Morgan fingerprint density at radius 2 is 1.63 bits per heavy atom. The van der Waals surface area contributed by atoms with E-state index in [0.29, 0.717) is 18.0 Å². The van der Waals surface area contributed by atoms with Crippen molar-refractivity contribution < 1.29 is 4.79 Å². The zero-order valence-electron chi connectivity index (χ0n) is 11.4. The van der Waals surface area contributed by atoms with Crippen LogP contribution in [-0.4, -0.2) is 5.91 Å². The second kappa shape index (κ2) is 6.19. The van der Waals surface area contributed by atoms with E-state index in [0.717, 1.165) is 0 Å². The Bertz CT molecular complexity index is 546. The summed E-state index contributed by atoms with van der Waals surface area (Å²) in [5.41, 5.74) is 3.17. The van der Waals surface area contributed by atoms with Crippen LogP contribution >= 0.6 is 0 Å². The van der Waals surface area contributed by atoms with Crippen LogP contribution in [0.3, 0.4) is 0 Å². The number of amides is 1. The van der Waals surface area contributed by atoms with E-state index >= 15 is 0 Å². The molecule has 0 heterocycles. The summed E-state index contributed by atoms with van der Waals surface area (Å²) in [6.07, 6.45) is 0. The van der Waals surface area contributed by atoms with Gasteiger partial charge in [-0.1, -0.05) is 56.3 Å². The van der Waals surface area contributed by atoms with E-state index in [-0.39, 0.29) is 5.91 Å². The van der Waals surface area contributed by atoms with Crippen LogP contribution in [0.25, 0.3) is 0 Å². The Hall–Kier alpha value is -2.09. The largest absolute Gasteiger partial charge is 0.348 e. The van der Waals surface area contributed by atoms with Gasteiger partial charge in [0.05, 0.1) is 0 Å². The third kappa shape index (κ3) is 3.44. The van der Waals surface area contributed by atoms with E-state index in [2.05, 4.69) is 31.3 Å². The van der Waals surface area contributed by atoms with Gasteiger partial charge in [-0.3, -0.25) is 4.79 Å². The molecule has 1 amide bonds. The normalized spacial score (nSPS) is 10.5. The highest BCUT2D eigenvalue weighted by Gasteiger charge is 2.08. The average molecular weight is 253 g/mol. The standard InChI is InChI=1S/C17H19NO/c1-13(2)16-11-7-6-10-15(16)12-18-17(19)14-8-4-3-5-9-14/h3-11,13H,12H2,1-2H3,(H,18,19). The summed E-state index contributed by atoms with van der Waals surface area (Å²) < 4.78 is 0. The molecule has 0 aliphatic carbocycles. The van der Waals surface area contributed by atoms with Crippen molar-refractivity contribution in [3.05, 3.63) is 71.3 Å². The summed E-state index contributed by atoms with van der Waals surface area (Å²) in [6, 6.07) is 17.5. The van der Waals surface area contributed by atoms with Gasteiger partial charge >= 0.3 is 0 Å². The van der Waals surface area contributed by atoms with Gasteiger partial charge in [-0.25, -0.2) is 0 Å². The van der Waals surface area contributed by atoms with Crippen molar-refractivity contribution in [2.75, 3.05) is 0 Å². The number of hydrogen-bond acceptors (Lipinski definition) is 1. The van der Waals surface area contributed by atoms with Gasteiger partial charge in [0.15, 0.2) is 0 Å². The molecule has 0 radical (unpaired) electrons. The fraction of sp³-hybridized carbons (Fsp3) is 0.235. The summed E-state index contributed by atoms with van der Waals surface area (Å²) in [5.74, 6) is 0.434. The summed E-state index contributed by atoms with van der Waals surface area (Å²) >= 11 is 0. The zero-order chi connectivity index (χ0) is 13.7. The lowest BCUT2D eigenvalue weighted by atomic mass is 9.97. The van der Waals surface area contributed by atoms with E-state index in [4.69, 9.17) is 0 Å². The quantitative estimate of drug-likeness (QED) is 0.883. The molecule has 0 bridgehead atoms. The van der Waals surface area contributed by atoms with Crippen molar-refractivity contribution >= 4 is 5.91 Å². The van der Waals surface area contributed by atoms with Crippen LogP contribution in [0.5, 0.6) is 0 Å². The molecule has 0 fully saturated rings. The van der Waals surface area contributed by atoms with Gasteiger partial charge < -0.3 is 5.32 Å². The molecular weight excluding hydrogens is 234 g/mol. The van der Waals surface area contributed by atoms with Crippen LogP contribution < -0.4 is 5.32 Å². The van der Waals surface area contributed by atoms with E-state index < -0.39 is 0 Å². The van der Waals surface area contributed by atoms with Crippen LogP contribution in [0.4, 0.5) is 0 Å². The Kier molecular flexibility index (Phi) is 4.35. The van der Waals surface area contributed by atoms with E-state index in [1.807, 2.05) is 42.5 Å². The van der Waals surface area contributed by atoms with Crippen LogP contribution in [0.1, 0.15) is 41.3 Å². The van der Waals surface area contributed by atoms with Crippen molar-refractivity contribution in [2.24, 2.45) is 0 Å². The molecule has 0 spiro atoms. The van der Waals surface area contributed by atoms with E-state index in [1.54, 1.807) is 0 Å². The summed E-state index contributed by atoms with van der Waals surface area (Å²) in [6.45, 7) is 4.90. The smallest absolute Gasteiger partial charge is 0.251 e. The summed E-state index contributed by atoms with van der Waals surface area (Å²) in [5, 5.41) is 2.97. The molecule has 0 unspecified atom stereocenters. The number of hydrogen-bond donors (Lipinski definition) is 1. The molecule has 2 aromatic carbocycles. The van der Waals surface area contributed by atoms with Crippen LogP contribution in [0.2, 0.25) is 0 Å². The molecule has 0 saturated carbocycles. The van der Waals surface area contributed by atoms with Gasteiger partial charge in [-0.05, 0) is 29.2 Å². The van der Waals surface area contributed by atoms with Crippen LogP contribution in [0.15, 0.2) is 54.6 Å². The minimum atomic E-state index is -0.0286. The van der Waals surface area contributed by atoms with Gasteiger partial charge in [-0.2, -0.15) is 0 Å². The predicted octanol–water partition coefficient (Wildman–Crippen LogP) is 3.74. The molecule has 19 heavy (non-hydrogen) atoms. The molecule has 2 nitrogen and oxygen atoms in total. The number of nitrogens with one attached hydrogen (secondary N) is 1. The average Bonchev–Trinajstić information content (AvgIpc) is 2.46. The lowest BCUT2D eigenvalue weighted by Crippen LogP contribution is -2.23. The molecule has 0 aromatic heterocycles. The lowest BCUT2D eigenvalue weighted by molar-refractivity contribution is 0.0951. The maximum atomic E-state index is 12.0. The number of carbonyl (C=O) groups is 1. The van der Waals surface area contributed by atoms with Gasteiger partial charge in [0.2, 0.25) is 0 Å². The SMILES string of the molecule is CC(C)c1ccccc1CNC(=O)c1ccccc1. The third-order valence-corrected chi connectivity index (χ3v) is 3.15.